The number of aromatic nitrogens is 3. The quantitative estimate of drug-likeness (QED) is 0.729. The van der Waals surface area contributed by atoms with Crippen LogP contribution in [0.15, 0.2) is 52.2 Å². The van der Waals surface area contributed by atoms with Crippen molar-refractivity contribution in [1.29, 1.82) is 0 Å². The molecular formula is C14H11F3N4O2S2. The first kappa shape index (κ1) is 17.6. The molecule has 3 rings (SSSR count). The summed E-state index contributed by atoms with van der Waals surface area (Å²) >= 11 is 1.47. The molecule has 25 heavy (non-hydrogen) atoms. The minimum absolute atomic E-state index is 0.192. The zero-order chi connectivity index (χ0) is 18.1. The second kappa shape index (κ2) is 6.58. The van der Waals surface area contributed by atoms with Gasteiger partial charge in [0.2, 0.25) is 10.0 Å². The standard InChI is InChI=1S/C14H11F3N4O2S2/c15-14(16,17)10-2-1-3-13(6-10)25(22,23)18-7-11-8-21(20-19-11)12-4-5-24-9-12/h1-6,8-9,18H,7H2. The average Bonchev–Trinajstić information content (AvgIpc) is 3.23. The van der Waals surface area contributed by atoms with Gasteiger partial charge in [-0.05, 0) is 29.6 Å². The van der Waals surface area contributed by atoms with Gasteiger partial charge in [-0.2, -0.15) is 24.5 Å². The summed E-state index contributed by atoms with van der Waals surface area (Å²) in [5.74, 6) is 0. The summed E-state index contributed by atoms with van der Waals surface area (Å²) in [5, 5.41) is 11.4. The molecule has 1 aromatic carbocycles. The van der Waals surface area contributed by atoms with E-state index in [0.29, 0.717) is 11.8 Å². The third-order valence-corrected chi connectivity index (χ3v) is 5.30. The van der Waals surface area contributed by atoms with Crippen LogP contribution >= 0.6 is 11.3 Å². The van der Waals surface area contributed by atoms with Gasteiger partial charge in [0, 0.05) is 5.38 Å². The smallest absolute Gasteiger partial charge is 0.220 e. The number of rotatable bonds is 5. The van der Waals surface area contributed by atoms with Crippen LogP contribution in [0.25, 0.3) is 5.69 Å². The van der Waals surface area contributed by atoms with Crippen molar-refractivity contribution in [1.82, 2.24) is 19.7 Å². The average molecular weight is 388 g/mol. The zero-order valence-corrected chi connectivity index (χ0v) is 14.1. The van der Waals surface area contributed by atoms with Crippen molar-refractivity contribution in [2.45, 2.75) is 17.6 Å². The van der Waals surface area contributed by atoms with Gasteiger partial charge in [0.15, 0.2) is 0 Å². The van der Waals surface area contributed by atoms with Gasteiger partial charge in [-0.1, -0.05) is 11.3 Å². The van der Waals surface area contributed by atoms with E-state index in [9.17, 15) is 21.6 Å². The molecule has 6 nitrogen and oxygen atoms in total. The lowest BCUT2D eigenvalue weighted by atomic mass is 10.2. The highest BCUT2D eigenvalue weighted by Crippen LogP contribution is 2.30. The molecule has 0 aliphatic carbocycles. The molecule has 0 radical (unpaired) electrons. The maximum Gasteiger partial charge on any atom is 0.416 e. The van der Waals surface area contributed by atoms with E-state index in [4.69, 9.17) is 0 Å². The maximum atomic E-state index is 12.7. The molecule has 0 saturated heterocycles. The molecule has 132 valence electrons. The molecule has 0 aliphatic heterocycles. The SMILES string of the molecule is O=S(=O)(NCc1cn(-c2ccsc2)nn1)c1cccc(C(F)(F)F)c1. The first-order valence-electron chi connectivity index (χ1n) is 6.86. The molecule has 0 bridgehead atoms. The van der Waals surface area contributed by atoms with Gasteiger partial charge in [-0.3, -0.25) is 0 Å². The Morgan fingerprint density at radius 1 is 1.24 bits per heavy atom. The fraction of sp³-hybridized carbons (Fsp3) is 0.143. The number of nitrogens with one attached hydrogen (secondary N) is 1. The predicted molar refractivity (Wildman–Crippen MR) is 84.7 cm³/mol. The molecule has 0 amide bonds. The van der Waals surface area contributed by atoms with Gasteiger partial charge in [-0.25, -0.2) is 17.8 Å². The number of benzene rings is 1. The molecule has 0 unspecified atom stereocenters. The number of nitrogens with zero attached hydrogens (tertiary/aromatic N) is 3. The number of hydrogen-bond donors (Lipinski definition) is 1. The van der Waals surface area contributed by atoms with E-state index in [-0.39, 0.29) is 6.54 Å². The minimum Gasteiger partial charge on any atom is -0.220 e. The molecule has 2 heterocycles. The topological polar surface area (TPSA) is 76.9 Å². The predicted octanol–water partition coefficient (Wildman–Crippen LogP) is 2.83. The van der Waals surface area contributed by atoms with E-state index in [1.807, 2.05) is 16.8 Å². The van der Waals surface area contributed by atoms with Gasteiger partial charge in [-0.15, -0.1) is 5.10 Å². The van der Waals surface area contributed by atoms with Crippen LogP contribution in [0.4, 0.5) is 13.2 Å². The lowest BCUT2D eigenvalue weighted by Crippen LogP contribution is -2.24. The number of halogens is 3. The summed E-state index contributed by atoms with van der Waals surface area (Å²) in [6.07, 6.45) is -3.08. The molecule has 0 atom stereocenters. The molecule has 0 saturated carbocycles. The van der Waals surface area contributed by atoms with Crippen LogP contribution in [0.5, 0.6) is 0 Å². The first-order valence-corrected chi connectivity index (χ1v) is 9.29. The van der Waals surface area contributed by atoms with Crippen LogP contribution in [0, 0.1) is 0 Å². The largest absolute Gasteiger partial charge is 0.416 e. The number of thiophene rings is 1. The Hall–Kier alpha value is -2.24. The first-order chi connectivity index (χ1) is 11.8. The Bertz CT molecular complexity index is 966. The van der Waals surface area contributed by atoms with Gasteiger partial charge < -0.3 is 0 Å². The van der Waals surface area contributed by atoms with Crippen LogP contribution in [0.3, 0.4) is 0 Å². The Labute approximate surface area is 145 Å². The summed E-state index contributed by atoms with van der Waals surface area (Å²) in [5.41, 5.74) is 0.0880. The van der Waals surface area contributed by atoms with Crippen LogP contribution in [0.1, 0.15) is 11.3 Å². The molecule has 1 N–H and O–H groups in total. The van der Waals surface area contributed by atoms with Crippen LogP contribution in [-0.4, -0.2) is 23.4 Å². The van der Waals surface area contributed by atoms with Gasteiger partial charge in [0.05, 0.1) is 34.6 Å². The Balaban J connectivity index is 1.74. The van der Waals surface area contributed by atoms with Crippen LogP contribution < -0.4 is 4.72 Å². The lowest BCUT2D eigenvalue weighted by Gasteiger charge is -2.09. The molecule has 11 heteroatoms. The van der Waals surface area contributed by atoms with Gasteiger partial charge in [0.1, 0.15) is 0 Å². The van der Waals surface area contributed by atoms with Crippen molar-refractivity contribution < 1.29 is 21.6 Å². The second-order valence-electron chi connectivity index (χ2n) is 4.99. The number of sulfonamides is 1. The zero-order valence-electron chi connectivity index (χ0n) is 12.4. The summed E-state index contributed by atoms with van der Waals surface area (Å²) in [7, 11) is -4.11. The third-order valence-electron chi connectivity index (χ3n) is 3.23. The summed E-state index contributed by atoms with van der Waals surface area (Å²) in [6, 6.07) is 5.36. The van der Waals surface area contributed by atoms with E-state index < -0.39 is 26.7 Å². The third kappa shape index (κ3) is 4.06. The molecule has 3 aromatic rings. The van der Waals surface area contributed by atoms with Crippen molar-refractivity contribution in [2.75, 3.05) is 0 Å². The van der Waals surface area contributed by atoms with Crippen molar-refractivity contribution in [2.24, 2.45) is 0 Å². The molecular weight excluding hydrogens is 377 g/mol. The van der Waals surface area contributed by atoms with E-state index >= 15 is 0 Å². The highest BCUT2D eigenvalue weighted by atomic mass is 32.2. The van der Waals surface area contributed by atoms with Crippen molar-refractivity contribution >= 4 is 21.4 Å². The summed E-state index contributed by atoms with van der Waals surface area (Å²) in [6.45, 7) is -0.192. The Morgan fingerprint density at radius 3 is 2.72 bits per heavy atom. The van der Waals surface area contributed by atoms with Crippen molar-refractivity contribution in [3.8, 4) is 5.69 Å². The fourth-order valence-electron chi connectivity index (χ4n) is 1.99. The molecule has 0 fully saturated rings. The van der Waals surface area contributed by atoms with E-state index in [1.54, 1.807) is 0 Å². The number of alkyl halides is 3. The minimum atomic E-state index is -4.62. The Kier molecular flexibility index (Phi) is 4.62. The Morgan fingerprint density at radius 2 is 2.04 bits per heavy atom. The highest BCUT2D eigenvalue weighted by molar-refractivity contribution is 7.89. The maximum absolute atomic E-state index is 12.7. The van der Waals surface area contributed by atoms with Crippen molar-refractivity contribution in [3.63, 3.8) is 0 Å². The number of hydrogen-bond acceptors (Lipinski definition) is 5. The van der Waals surface area contributed by atoms with E-state index in [0.717, 1.165) is 23.9 Å². The summed E-state index contributed by atoms with van der Waals surface area (Å²) in [4.78, 5) is -0.465. The second-order valence-corrected chi connectivity index (χ2v) is 7.53. The van der Waals surface area contributed by atoms with Crippen LogP contribution in [-0.2, 0) is 22.7 Å². The monoisotopic (exact) mass is 388 g/mol. The fourth-order valence-corrected chi connectivity index (χ4v) is 3.65. The van der Waals surface area contributed by atoms with Crippen LogP contribution in [0.2, 0.25) is 0 Å². The highest BCUT2D eigenvalue weighted by Gasteiger charge is 2.31. The van der Waals surface area contributed by atoms with Gasteiger partial charge >= 0.3 is 6.18 Å². The van der Waals surface area contributed by atoms with E-state index in [1.165, 1.54) is 22.2 Å². The van der Waals surface area contributed by atoms with Gasteiger partial charge in [0.25, 0.3) is 0 Å². The molecule has 2 aromatic heterocycles. The van der Waals surface area contributed by atoms with Crippen molar-refractivity contribution in [3.05, 3.63) is 58.5 Å². The molecule has 0 aliphatic rings. The molecule has 0 spiro atoms. The van der Waals surface area contributed by atoms with E-state index in [2.05, 4.69) is 15.0 Å². The summed E-state index contributed by atoms with van der Waals surface area (Å²) < 4.78 is 66.2. The normalized spacial score (nSPS) is 12.4. The lowest BCUT2D eigenvalue weighted by molar-refractivity contribution is -0.137.